The van der Waals surface area contributed by atoms with E-state index in [1.807, 2.05) is 0 Å². The lowest BCUT2D eigenvalue weighted by Gasteiger charge is -2.21. The number of amides is 2. The summed E-state index contributed by atoms with van der Waals surface area (Å²) >= 11 is 0. The first-order valence-electron chi connectivity index (χ1n) is 6.01. The van der Waals surface area contributed by atoms with Crippen molar-refractivity contribution >= 4 is 17.5 Å². The normalized spacial score (nSPS) is 18.6. The van der Waals surface area contributed by atoms with Crippen molar-refractivity contribution < 1.29 is 18.7 Å². The summed E-state index contributed by atoms with van der Waals surface area (Å²) in [5.41, 5.74) is 0.472. The van der Waals surface area contributed by atoms with Gasteiger partial charge in [-0.15, -0.1) is 0 Å². The topological polar surface area (TPSA) is 67.4 Å². The van der Waals surface area contributed by atoms with Gasteiger partial charge in [0.1, 0.15) is 0 Å². The van der Waals surface area contributed by atoms with Crippen molar-refractivity contribution in [2.45, 2.75) is 12.8 Å². The van der Waals surface area contributed by atoms with E-state index in [-0.39, 0.29) is 23.5 Å². The Morgan fingerprint density at radius 2 is 2.32 bits per heavy atom. The van der Waals surface area contributed by atoms with Crippen molar-refractivity contribution in [2.75, 3.05) is 19.0 Å². The molecule has 2 N–H and O–H groups in total. The van der Waals surface area contributed by atoms with Crippen LogP contribution in [0.4, 0.5) is 10.1 Å². The number of hydrogen-bond acceptors (Lipinski definition) is 3. The molecule has 0 saturated carbocycles. The average molecular weight is 266 g/mol. The molecular formula is C13H15FN2O3. The standard InChI is InChI=1S/C13H15FN2O3/c1-19-11-6-9(3-4-10(11)14)16-13(18)8-2-5-12(17)15-7-8/h3-4,6,8H,2,5,7H2,1H3,(H,15,17)(H,16,18). The molecule has 0 radical (unpaired) electrons. The SMILES string of the molecule is COc1cc(NC(=O)C2CCC(=O)NC2)ccc1F. The van der Waals surface area contributed by atoms with Crippen LogP contribution in [0.25, 0.3) is 0 Å². The predicted octanol–water partition coefficient (Wildman–Crippen LogP) is 1.30. The number of rotatable bonds is 3. The average Bonchev–Trinajstić information content (AvgIpc) is 2.41. The highest BCUT2D eigenvalue weighted by Gasteiger charge is 2.24. The van der Waals surface area contributed by atoms with Crippen LogP contribution in [0.2, 0.25) is 0 Å². The summed E-state index contributed by atoms with van der Waals surface area (Å²) in [6.45, 7) is 0.336. The van der Waals surface area contributed by atoms with Crippen LogP contribution in [0.1, 0.15) is 12.8 Å². The molecule has 0 aromatic heterocycles. The zero-order valence-electron chi connectivity index (χ0n) is 10.5. The number of benzene rings is 1. The van der Waals surface area contributed by atoms with E-state index < -0.39 is 5.82 Å². The quantitative estimate of drug-likeness (QED) is 0.866. The Bertz CT molecular complexity index is 495. The van der Waals surface area contributed by atoms with Crippen molar-refractivity contribution in [2.24, 2.45) is 5.92 Å². The third kappa shape index (κ3) is 3.21. The molecule has 1 fully saturated rings. The summed E-state index contributed by atoms with van der Waals surface area (Å²) in [5, 5.41) is 5.34. The first-order chi connectivity index (χ1) is 9.10. The van der Waals surface area contributed by atoms with E-state index >= 15 is 0 Å². The number of ether oxygens (including phenoxy) is 1. The lowest BCUT2D eigenvalue weighted by molar-refractivity contribution is -0.126. The molecule has 0 aliphatic carbocycles. The molecule has 1 heterocycles. The fourth-order valence-electron chi connectivity index (χ4n) is 1.94. The molecule has 0 spiro atoms. The van der Waals surface area contributed by atoms with Gasteiger partial charge < -0.3 is 15.4 Å². The number of nitrogens with one attached hydrogen (secondary N) is 2. The third-order valence-corrected chi connectivity index (χ3v) is 3.05. The van der Waals surface area contributed by atoms with Crippen LogP contribution in [-0.2, 0) is 9.59 Å². The van der Waals surface area contributed by atoms with Gasteiger partial charge in [-0.3, -0.25) is 9.59 Å². The van der Waals surface area contributed by atoms with E-state index in [1.54, 1.807) is 0 Å². The highest BCUT2D eigenvalue weighted by Crippen LogP contribution is 2.22. The number of anilines is 1. The first-order valence-corrected chi connectivity index (χ1v) is 6.01. The minimum Gasteiger partial charge on any atom is -0.494 e. The minimum absolute atomic E-state index is 0.0347. The Kier molecular flexibility index (Phi) is 3.99. The molecular weight excluding hydrogens is 251 g/mol. The zero-order chi connectivity index (χ0) is 13.8. The molecule has 2 rings (SSSR count). The maximum Gasteiger partial charge on any atom is 0.229 e. The lowest BCUT2D eigenvalue weighted by Crippen LogP contribution is -2.40. The highest BCUT2D eigenvalue weighted by atomic mass is 19.1. The van der Waals surface area contributed by atoms with Gasteiger partial charge in [-0.25, -0.2) is 4.39 Å². The zero-order valence-corrected chi connectivity index (χ0v) is 10.5. The van der Waals surface area contributed by atoms with E-state index in [0.717, 1.165) is 0 Å². The fourth-order valence-corrected chi connectivity index (χ4v) is 1.94. The van der Waals surface area contributed by atoms with Gasteiger partial charge in [0.25, 0.3) is 0 Å². The van der Waals surface area contributed by atoms with Gasteiger partial charge in [-0.05, 0) is 18.6 Å². The monoisotopic (exact) mass is 266 g/mol. The van der Waals surface area contributed by atoms with Crippen LogP contribution in [0.15, 0.2) is 18.2 Å². The van der Waals surface area contributed by atoms with Gasteiger partial charge in [0.05, 0.1) is 13.0 Å². The van der Waals surface area contributed by atoms with Gasteiger partial charge in [-0.2, -0.15) is 0 Å². The molecule has 1 saturated heterocycles. The Balaban J connectivity index is 2.00. The first kappa shape index (κ1) is 13.3. The molecule has 1 atom stereocenters. The maximum atomic E-state index is 13.2. The molecule has 19 heavy (non-hydrogen) atoms. The summed E-state index contributed by atoms with van der Waals surface area (Å²) in [5.74, 6) is -0.880. The number of methoxy groups -OCH3 is 1. The predicted molar refractivity (Wildman–Crippen MR) is 67.3 cm³/mol. The van der Waals surface area contributed by atoms with E-state index in [2.05, 4.69) is 10.6 Å². The van der Waals surface area contributed by atoms with Gasteiger partial charge >= 0.3 is 0 Å². The van der Waals surface area contributed by atoms with Crippen LogP contribution < -0.4 is 15.4 Å². The van der Waals surface area contributed by atoms with Crippen LogP contribution in [0.3, 0.4) is 0 Å². The van der Waals surface area contributed by atoms with Crippen molar-refractivity contribution in [3.8, 4) is 5.75 Å². The fraction of sp³-hybridized carbons (Fsp3) is 0.385. The van der Waals surface area contributed by atoms with Crippen LogP contribution in [0.5, 0.6) is 5.75 Å². The number of carbonyl (C=O) groups excluding carboxylic acids is 2. The molecule has 6 heteroatoms. The van der Waals surface area contributed by atoms with Crippen LogP contribution in [0, 0.1) is 11.7 Å². The van der Waals surface area contributed by atoms with Crippen molar-refractivity contribution in [3.05, 3.63) is 24.0 Å². The molecule has 1 aromatic carbocycles. The van der Waals surface area contributed by atoms with Gasteiger partial charge in [0, 0.05) is 24.7 Å². The van der Waals surface area contributed by atoms with E-state index in [9.17, 15) is 14.0 Å². The Morgan fingerprint density at radius 3 is 2.95 bits per heavy atom. The summed E-state index contributed by atoms with van der Waals surface area (Å²) in [6, 6.07) is 4.13. The second-order valence-electron chi connectivity index (χ2n) is 4.38. The minimum atomic E-state index is -0.481. The van der Waals surface area contributed by atoms with Crippen molar-refractivity contribution in [1.29, 1.82) is 0 Å². The van der Waals surface area contributed by atoms with E-state index in [1.165, 1.54) is 25.3 Å². The van der Waals surface area contributed by atoms with Crippen LogP contribution >= 0.6 is 0 Å². The summed E-state index contributed by atoms with van der Waals surface area (Å²) in [6.07, 6.45) is 0.876. The lowest BCUT2D eigenvalue weighted by atomic mass is 9.98. The molecule has 0 bridgehead atoms. The number of piperidine rings is 1. The highest BCUT2D eigenvalue weighted by molar-refractivity contribution is 5.94. The van der Waals surface area contributed by atoms with E-state index in [0.29, 0.717) is 25.1 Å². The Labute approximate surface area is 110 Å². The van der Waals surface area contributed by atoms with Crippen LogP contribution in [-0.4, -0.2) is 25.5 Å². The third-order valence-electron chi connectivity index (χ3n) is 3.05. The summed E-state index contributed by atoms with van der Waals surface area (Å²) in [7, 11) is 1.36. The van der Waals surface area contributed by atoms with E-state index in [4.69, 9.17) is 4.74 Å². The Morgan fingerprint density at radius 1 is 1.53 bits per heavy atom. The molecule has 5 nitrogen and oxygen atoms in total. The summed E-state index contributed by atoms with van der Waals surface area (Å²) < 4.78 is 18.1. The number of halogens is 1. The maximum absolute atomic E-state index is 13.2. The van der Waals surface area contributed by atoms with Crippen molar-refractivity contribution in [1.82, 2.24) is 5.32 Å². The largest absolute Gasteiger partial charge is 0.494 e. The molecule has 2 amide bonds. The molecule has 1 aromatic rings. The molecule has 1 unspecified atom stereocenters. The van der Waals surface area contributed by atoms with Gasteiger partial charge in [-0.1, -0.05) is 0 Å². The summed E-state index contributed by atoms with van der Waals surface area (Å²) in [4.78, 5) is 23.0. The Hall–Kier alpha value is -2.11. The van der Waals surface area contributed by atoms with Gasteiger partial charge in [0.15, 0.2) is 11.6 Å². The number of carbonyl (C=O) groups is 2. The second-order valence-corrected chi connectivity index (χ2v) is 4.38. The number of hydrogen-bond donors (Lipinski definition) is 2. The molecule has 1 aliphatic rings. The smallest absolute Gasteiger partial charge is 0.229 e. The van der Waals surface area contributed by atoms with Crippen molar-refractivity contribution in [3.63, 3.8) is 0 Å². The molecule has 1 aliphatic heterocycles. The molecule has 102 valence electrons. The van der Waals surface area contributed by atoms with Gasteiger partial charge in [0.2, 0.25) is 11.8 Å². The second kappa shape index (κ2) is 5.69.